The number of anilines is 4. The van der Waals surface area contributed by atoms with Gasteiger partial charge in [0.1, 0.15) is 0 Å². The predicted octanol–water partition coefficient (Wildman–Crippen LogP) is 5.99. The van der Waals surface area contributed by atoms with E-state index in [1.807, 2.05) is 24.3 Å². The molecule has 12 aliphatic rings. The van der Waals surface area contributed by atoms with Crippen molar-refractivity contribution in [2.45, 2.75) is 163 Å². The minimum absolute atomic E-state index is 0.0536. The van der Waals surface area contributed by atoms with E-state index >= 15 is 0 Å². The van der Waals surface area contributed by atoms with Crippen LogP contribution in [0.2, 0.25) is 0 Å². The van der Waals surface area contributed by atoms with Crippen molar-refractivity contribution < 1.29 is 38.2 Å². The van der Waals surface area contributed by atoms with Crippen molar-refractivity contribution in [3.8, 4) is 0 Å². The number of carbonyl (C=O) groups excluding carboxylic acids is 6. The number of nitrogens with zero attached hydrogens (tertiary/aromatic N) is 4. The molecule has 76 heavy (non-hydrogen) atoms. The third-order valence-corrected chi connectivity index (χ3v) is 21.1. The molecule has 402 valence electrons. The van der Waals surface area contributed by atoms with Gasteiger partial charge in [0.25, 0.3) is 0 Å². The molecule has 2 aromatic carbocycles. The van der Waals surface area contributed by atoms with Crippen molar-refractivity contribution in [3.05, 3.63) is 70.8 Å². The van der Waals surface area contributed by atoms with E-state index in [-0.39, 0.29) is 95.5 Å². The van der Waals surface area contributed by atoms with E-state index in [4.69, 9.17) is 9.47 Å². The second-order valence-electron chi connectivity index (χ2n) is 24.7. The Balaban J connectivity index is 0.463. The standard InChI is InChI=1S/C60H74N8O8/c69-49(61-31-51(71)63-37-13-15-43-41(25-37)59-19-21-65-33-35-17-23-75-45-29-53(73)67(43)57(59)55(45)39(35)27-47(59)65)11-9-7-5-3-1-2-4-6-8-10-12-50(70)62-32-52(72)64-38-14-16-44-42(26-38)60-20-22-66-34-36-18-24-76-46-30-54(74)68(44)58(60)56(46)40(36)28-48(60)66/h13-18,25-26,39-40,45-48,55-58H,1-12,19-24,27-34H2,(H,61,69)(H,62,70)(H,63,71)(H,64,72)/t39-,40-,45-,46-,47-,48-,55-,56-,57-,58-,59+,60+/m0/s1. The zero-order valence-corrected chi connectivity index (χ0v) is 43.8. The first-order valence-electron chi connectivity index (χ1n) is 29.3. The Morgan fingerprint density at radius 2 is 0.974 bits per heavy atom. The number of nitrogens with one attached hydrogen (secondary N) is 4. The molecule has 2 aromatic rings. The van der Waals surface area contributed by atoms with Gasteiger partial charge >= 0.3 is 0 Å². The number of hydrogen-bond acceptors (Lipinski definition) is 10. The molecule has 10 aliphatic heterocycles. The molecule has 6 amide bonds. The van der Waals surface area contributed by atoms with Crippen LogP contribution in [0.25, 0.3) is 0 Å². The molecule has 14 rings (SSSR count). The van der Waals surface area contributed by atoms with Crippen LogP contribution in [0.4, 0.5) is 22.7 Å². The van der Waals surface area contributed by atoms with E-state index in [1.165, 1.54) is 22.3 Å². The molecule has 0 radical (unpaired) electrons. The Morgan fingerprint density at radius 1 is 0.553 bits per heavy atom. The quantitative estimate of drug-likeness (QED) is 0.0965. The highest BCUT2D eigenvalue weighted by atomic mass is 16.5. The van der Waals surface area contributed by atoms with Crippen LogP contribution >= 0.6 is 0 Å². The minimum atomic E-state index is -0.254. The maximum atomic E-state index is 13.8. The number of benzene rings is 2. The van der Waals surface area contributed by atoms with Gasteiger partial charge in [0, 0.05) is 83.4 Å². The van der Waals surface area contributed by atoms with Crippen LogP contribution in [-0.2, 0) is 49.1 Å². The summed E-state index contributed by atoms with van der Waals surface area (Å²) in [6, 6.07) is 13.0. The maximum absolute atomic E-state index is 13.8. The van der Waals surface area contributed by atoms with Gasteiger partial charge in [-0.3, -0.25) is 38.6 Å². The molecule has 16 nitrogen and oxygen atoms in total. The van der Waals surface area contributed by atoms with Crippen LogP contribution < -0.4 is 31.1 Å². The summed E-state index contributed by atoms with van der Waals surface area (Å²) in [7, 11) is 0. The fourth-order valence-electron chi connectivity index (χ4n) is 18.2. The first kappa shape index (κ1) is 48.9. The first-order chi connectivity index (χ1) is 37.1. The summed E-state index contributed by atoms with van der Waals surface area (Å²) in [5.74, 6) is 1.02. The van der Waals surface area contributed by atoms with Crippen molar-refractivity contribution in [3.63, 3.8) is 0 Å². The zero-order chi connectivity index (χ0) is 51.5. The van der Waals surface area contributed by atoms with Crippen LogP contribution in [-0.4, -0.2) is 134 Å². The number of piperidine rings is 4. The number of rotatable bonds is 19. The lowest BCUT2D eigenvalue weighted by Gasteiger charge is -2.58. The number of amides is 6. The molecule has 6 saturated heterocycles. The fraction of sp³-hybridized carbons (Fsp3) is 0.633. The monoisotopic (exact) mass is 1030 g/mol. The summed E-state index contributed by atoms with van der Waals surface area (Å²) in [6.07, 6.45) is 20.5. The highest BCUT2D eigenvalue weighted by molar-refractivity contribution is 6.02. The highest BCUT2D eigenvalue weighted by Crippen LogP contribution is 2.68. The van der Waals surface area contributed by atoms with Gasteiger partial charge in [0.15, 0.2) is 0 Å². The van der Waals surface area contributed by atoms with E-state index in [2.05, 4.69) is 65.2 Å². The smallest absolute Gasteiger partial charge is 0.243 e. The molecule has 8 fully saturated rings. The van der Waals surface area contributed by atoms with Gasteiger partial charge in [-0.2, -0.15) is 0 Å². The second-order valence-corrected chi connectivity index (χ2v) is 24.7. The van der Waals surface area contributed by atoms with Crippen LogP contribution in [0.3, 0.4) is 0 Å². The largest absolute Gasteiger partial charge is 0.373 e. The Kier molecular flexibility index (Phi) is 12.4. The molecule has 2 spiro atoms. The van der Waals surface area contributed by atoms with Gasteiger partial charge < -0.3 is 40.5 Å². The van der Waals surface area contributed by atoms with Gasteiger partial charge in [0.2, 0.25) is 35.4 Å². The lowest BCUT2D eigenvalue weighted by atomic mass is 9.53. The van der Waals surface area contributed by atoms with Crippen LogP contribution in [0.15, 0.2) is 59.7 Å². The minimum Gasteiger partial charge on any atom is -0.373 e. The number of carbonyl (C=O) groups is 6. The SMILES string of the molecule is O=C(CCCCCCCCCCCCC(=O)NCC(=O)Nc1ccc2c(c1)[C@@]13CCN4CC5=CCO[C@H]6CC(=O)N2[C@H]1[C@H]6[C@H]5C[C@H]43)NCC(=O)Nc1ccc2c(c1)[C@@]13CCN4CC5=CCO[C@H]6CC(=O)N2[C@H]1[C@H]6[C@H]5C[C@H]43. The molecule has 12 atom stereocenters. The Hall–Kier alpha value is -5.42. The van der Waals surface area contributed by atoms with Gasteiger partial charge in [-0.25, -0.2) is 0 Å². The number of fused-ring (bicyclic) bond motifs is 4. The molecule has 2 aliphatic carbocycles. The molecule has 0 aromatic heterocycles. The van der Waals surface area contributed by atoms with Crippen molar-refractivity contribution in [1.29, 1.82) is 0 Å². The van der Waals surface area contributed by atoms with E-state index in [9.17, 15) is 28.8 Å². The summed E-state index contributed by atoms with van der Waals surface area (Å²) in [4.78, 5) is 88.8. The second kappa shape index (κ2) is 19.2. The van der Waals surface area contributed by atoms with E-state index in [0.29, 0.717) is 74.2 Å². The summed E-state index contributed by atoms with van der Waals surface area (Å²) in [5.41, 5.74) is 8.41. The number of unbranched alkanes of at least 4 members (excludes halogenated alkanes) is 9. The van der Waals surface area contributed by atoms with Crippen molar-refractivity contribution >= 4 is 58.2 Å². The topological polar surface area (TPSA) is 182 Å². The first-order valence-corrected chi connectivity index (χ1v) is 29.3. The van der Waals surface area contributed by atoms with E-state index in [0.717, 1.165) is 127 Å². The zero-order valence-electron chi connectivity index (χ0n) is 43.8. The predicted molar refractivity (Wildman–Crippen MR) is 286 cm³/mol. The van der Waals surface area contributed by atoms with E-state index in [1.54, 1.807) is 0 Å². The number of ether oxygens (including phenoxy) is 2. The maximum Gasteiger partial charge on any atom is 0.243 e. The molecule has 16 heteroatoms. The molecule has 10 heterocycles. The third kappa shape index (κ3) is 7.71. The van der Waals surface area contributed by atoms with Gasteiger partial charge in [-0.1, -0.05) is 74.7 Å². The molecular weight excluding hydrogens is 961 g/mol. The lowest BCUT2D eigenvalue weighted by molar-refractivity contribution is -0.133. The van der Waals surface area contributed by atoms with Crippen molar-refractivity contribution in [1.82, 2.24) is 20.4 Å². The lowest BCUT2D eigenvalue weighted by Crippen LogP contribution is -2.69. The Morgan fingerprint density at radius 3 is 1.41 bits per heavy atom. The van der Waals surface area contributed by atoms with Crippen molar-refractivity contribution in [2.24, 2.45) is 23.7 Å². The third-order valence-electron chi connectivity index (χ3n) is 21.1. The van der Waals surface area contributed by atoms with Crippen LogP contribution in [0, 0.1) is 23.7 Å². The summed E-state index contributed by atoms with van der Waals surface area (Å²) in [6.45, 7) is 4.99. The molecule has 4 N–H and O–H groups in total. The Bertz CT molecular complexity index is 2640. The van der Waals surface area contributed by atoms with Crippen LogP contribution in [0.5, 0.6) is 0 Å². The van der Waals surface area contributed by atoms with Gasteiger partial charge in [-0.15, -0.1) is 0 Å². The average Bonchev–Trinajstić information content (AvgIpc) is 3.84. The summed E-state index contributed by atoms with van der Waals surface area (Å²) >= 11 is 0. The summed E-state index contributed by atoms with van der Waals surface area (Å²) in [5, 5.41) is 11.7. The van der Waals surface area contributed by atoms with Crippen LogP contribution in [0.1, 0.15) is 127 Å². The Labute approximate surface area is 445 Å². The molecule has 2 saturated carbocycles. The molecular formula is C60H74N8O8. The van der Waals surface area contributed by atoms with Crippen molar-refractivity contribution in [2.75, 3.05) is 72.9 Å². The fourth-order valence-corrected chi connectivity index (χ4v) is 18.2. The summed E-state index contributed by atoms with van der Waals surface area (Å²) < 4.78 is 12.8. The molecule has 0 unspecified atom stereocenters. The normalized spacial score (nSPS) is 34.2. The average molecular weight is 1040 g/mol. The molecule has 4 bridgehead atoms. The van der Waals surface area contributed by atoms with Gasteiger partial charge in [0.05, 0.1) is 63.4 Å². The highest BCUT2D eigenvalue weighted by Gasteiger charge is 2.73. The van der Waals surface area contributed by atoms with E-state index < -0.39 is 0 Å². The van der Waals surface area contributed by atoms with Gasteiger partial charge in [-0.05, 0) is 111 Å². The number of hydrogen-bond donors (Lipinski definition) is 4.